The smallest absolute Gasteiger partial charge is 0.308 e. The minimum absolute atomic E-state index is 0.0548. The van der Waals surface area contributed by atoms with Gasteiger partial charge in [-0.15, -0.1) is 0 Å². The summed E-state index contributed by atoms with van der Waals surface area (Å²) in [5.41, 5.74) is 1.77. The molecule has 108 valence electrons. The third kappa shape index (κ3) is 2.79. The molecule has 0 radical (unpaired) electrons. The minimum Gasteiger partial charge on any atom is -0.481 e. The number of carbonyl (C=O) groups excluding carboxylic acids is 1. The van der Waals surface area contributed by atoms with Crippen molar-refractivity contribution in [3.8, 4) is 0 Å². The predicted octanol–water partition coefficient (Wildman–Crippen LogP) is 1.37. The van der Waals surface area contributed by atoms with Gasteiger partial charge < -0.3 is 10.0 Å². The quantitative estimate of drug-likeness (QED) is 0.920. The zero-order valence-corrected chi connectivity index (χ0v) is 11.3. The number of benzene rings is 1. The van der Waals surface area contributed by atoms with Crippen LogP contribution in [0.4, 0.5) is 5.69 Å². The Kier molecular flexibility index (Phi) is 3.43. The molecule has 0 bridgehead atoms. The van der Waals surface area contributed by atoms with Gasteiger partial charge in [0.05, 0.1) is 24.3 Å². The van der Waals surface area contributed by atoms with E-state index < -0.39 is 11.9 Å². The lowest BCUT2D eigenvalue weighted by molar-refractivity contribution is -0.141. The van der Waals surface area contributed by atoms with Crippen molar-refractivity contribution in [3.05, 3.63) is 48.3 Å². The molecule has 1 aliphatic rings. The lowest BCUT2D eigenvalue weighted by atomic mass is 10.1. The Hall–Kier alpha value is -2.63. The average Bonchev–Trinajstić information content (AvgIpc) is 3.06. The highest BCUT2D eigenvalue weighted by molar-refractivity contribution is 5.98. The first-order valence-electron chi connectivity index (χ1n) is 6.73. The van der Waals surface area contributed by atoms with Gasteiger partial charge in [0.1, 0.15) is 0 Å². The molecule has 1 N–H and O–H groups in total. The highest BCUT2D eigenvalue weighted by Gasteiger charge is 2.35. The van der Waals surface area contributed by atoms with Crippen LogP contribution in [0, 0.1) is 5.92 Å². The van der Waals surface area contributed by atoms with Crippen molar-refractivity contribution in [1.29, 1.82) is 0 Å². The maximum absolute atomic E-state index is 11.9. The van der Waals surface area contributed by atoms with E-state index in [-0.39, 0.29) is 18.9 Å². The number of aromatic nitrogens is 2. The number of anilines is 1. The average molecular weight is 285 g/mol. The topological polar surface area (TPSA) is 75.4 Å². The molecule has 1 aliphatic heterocycles. The van der Waals surface area contributed by atoms with Crippen molar-refractivity contribution in [3.63, 3.8) is 0 Å². The van der Waals surface area contributed by atoms with Gasteiger partial charge in [-0.1, -0.05) is 30.3 Å². The number of rotatable bonds is 4. The third-order valence-corrected chi connectivity index (χ3v) is 3.59. The lowest BCUT2D eigenvalue weighted by Gasteiger charge is -2.12. The molecular weight excluding hydrogens is 270 g/mol. The van der Waals surface area contributed by atoms with Crippen LogP contribution >= 0.6 is 0 Å². The van der Waals surface area contributed by atoms with Gasteiger partial charge in [0.15, 0.2) is 0 Å². The molecule has 1 saturated heterocycles. The molecule has 6 heteroatoms. The van der Waals surface area contributed by atoms with Crippen molar-refractivity contribution in [2.75, 3.05) is 11.4 Å². The van der Waals surface area contributed by atoms with E-state index in [1.165, 1.54) is 4.90 Å². The van der Waals surface area contributed by atoms with Gasteiger partial charge >= 0.3 is 5.97 Å². The van der Waals surface area contributed by atoms with E-state index in [0.717, 1.165) is 5.56 Å². The van der Waals surface area contributed by atoms with Gasteiger partial charge in [-0.25, -0.2) is 0 Å². The summed E-state index contributed by atoms with van der Waals surface area (Å²) in [6.45, 7) is 0.830. The SMILES string of the molecule is O=C(O)C1CC(=O)N(c2cnn(Cc3ccccc3)c2)C1. The van der Waals surface area contributed by atoms with E-state index in [1.807, 2.05) is 30.3 Å². The summed E-state index contributed by atoms with van der Waals surface area (Å²) < 4.78 is 1.74. The maximum Gasteiger partial charge on any atom is 0.308 e. The summed E-state index contributed by atoms with van der Waals surface area (Å²) in [6.07, 6.45) is 3.43. The number of carboxylic acid groups (broad SMARTS) is 1. The summed E-state index contributed by atoms with van der Waals surface area (Å²) in [4.78, 5) is 24.3. The molecule has 1 aromatic heterocycles. The molecule has 6 nitrogen and oxygen atoms in total. The van der Waals surface area contributed by atoms with Crippen molar-refractivity contribution >= 4 is 17.6 Å². The van der Waals surface area contributed by atoms with Gasteiger partial charge in [-0.05, 0) is 5.56 Å². The summed E-state index contributed by atoms with van der Waals surface area (Å²) in [5, 5.41) is 13.2. The zero-order valence-electron chi connectivity index (χ0n) is 11.3. The van der Waals surface area contributed by atoms with Crippen LogP contribution in [0.25, 0.3) is 0 Å². The van der Waals surface area contributed by atoms with E-state index in [1.54, 1.807) is 17.1 Å². The van der Waals surface area contributed by atoms with Crippen LogP contribution in [0.15, 0.2) is 42.7 Å². The fourth-order valence-electron chi connectivity index (χ4n) is 2.47. The molecule has 2 aromatic rings. The number of nitrogens with zero attached hydrogens (tertiary/aromatic N) is 3. The largest absolute Gasteiger partial charge is 0.481 e. The molecular formula is C15H15N3O3. The Morgan fingerprint density at radius 2 is 2.10 bits per heavy atom. The molecule has 1 aromatic carbocycles. The normalized spacial score (nSPS) is 18.2. The third-order valence-electron chi connectivity index (χ3n) is 3.59. The van der Waals surface area contributed by atoms with Crippen LogP contribution < -0.4 is 4.90 Å². The molecule has 1 amide bonds. The van der Waals surface area contributed by atoms with E-state index in [9.17, 15) is 9.59 Å². The van der Waals surface area contributed by atoms with Gasteiger partial charge in [0, 0.05) is 19.2 Å². The summed E-state index contributed by atoms with van der Waals surface area (Å²) in [5.74, 6) is -1.72. The standard InChI is InChI=1S/C15H15N3O3/c19-14-6-12(15(20)21)9-18(14)13-7-16-17(10-13)8-11-4-2-1-3-5-11/h1-5,7,10,12H,6,8-9H2,(H,20,21). The van der Waals surface area contributed by atoms with Crippen molar-refractivity contribution in [2.45, 2.75) is 13.0 Å². The molecule has 0 spiro atoms. The first kappa shape index (κ1) is 13.4. The lowest BCUT2D eigenvalue weighted by Crippen LogP contribution is -2.25. The molecule has 0 saturated carbocycles. The Bertz CT molecular complexity index is 666. The molecule has 3 rings (SSSR count). The predicted molar refractivity (Wildman–Crippen MR) is 75.9 cm³/mol. The van der Waals surface area contributed by atoms with Crippen LogP contribution in [0.1, 0.15) is 12.0 Å². The van der Waals surface area contributed by atoms with E-state index in [0.29, 0.717) is 12.2 Å². The molecule has 1 atom stereocenters. The second-order valence-electron chi connectivity index (χ2n) is 5.13. The Morgan fingerprint density at radius 3 is 2.76 bits per heavy atom. The van der Waals surface area contributed by atoms with Gasteiger partial charge in [0.2, 0.25) is 5.91 Å². The van der Waals surface area contributed by atoms with Crippen molar-refractivity contribution in [2.24, 2.45) is 5.92 Å². The van der Waals surface area contributed by atoms with Crippen LogP contribution in [-0.4, -0.2) is 33.3 Å². The number of amides is 1. The monoisotopic (exact) mass is 285 g/mol. The van der Waals surface area contributed by atoms with Crippen LogP contribution in [0.2, 0.25) is 0 Å². The Labute approximate surface area is 121 Å². The van der Waals surface area contributed by atoms with Crippen LogP contribution in [0.3, 0.4) is 0 Å². The maximum atomic E-state index is 11.9. The van der Waals surface area contributed by atoms with Gasteiger partial charge in [-0.2, -0.15) is 5.10 Å². The zero-order chi connectivity index (χ0) is 14.8. The number of carbonyl (C=O) groups is 2. The van der Waals surface area contributed by atoms with Gasteiger partial charge in [-0.3, -0.25) is 14.3 Å². The fourth-order valence-corrected chi connectivity index (χ4v) is 2.47. The molecule has 0 aliphatic carbocycles. The number of carboxylic acids is 1. The Morgan fingerprint density at radius 1 is 1.33 bits per heavy atom. The Balaban J connectivity index is 1.73. The highest BCUT2D eigenvalue weighted by atomic mass is 16.4. The van der Waals surface area contributed by atoms with E-state index in [2.05, 4.69) is 5.10 Å². The molecule has 1 unspecified atom stereocenters. The van der Waals surface area contributed by atoms with Crippen LogP contribution in [-0.2, 0) is 16.1 Å². The fraction of sp³-hybridized carbons (Fsp3) is 0.267. The number of hydrogen-bond acceptors (Lipinski definition) is 3. The van der Waals surface area contributed by atoms with E-state index in [4.69, 9.17) is 5.11 Å². The van der Waals surface area contributed by atoms with E-state index >= 15 is 0 Å². The first-order chi connectivity index (χ1) is 10.1. The number of aliphatic carboxylic acids is 1. The highest BCUT2D eigenvalue weighted by Crippen LogP contribution is 2.24. The van der Waals surface area contributed by atoms with Crippen LogP contribution in [0.5, 0.6) is 0 Å². The second-order valence-corrected chi connectivity index (χ2v) is 5.13. The minimum atomic E-state index is -0.928. The second kappa shape index (κ2) is 5.40. The number of hydrogen-bond donors (Lipinski definition) is 1. The summed E-state index contributed by atoms with van der Waals surface area (Å²) in [6, 6.07) is 9.88. The van der Waals surface area contributed by atoms with Gasteiger partial charge in [0.25, 0.3) is 0 Å². The first-order valence-corrected chi connectivity index (χ1v) is 6.73. The summed E-state index contributed by atoms with van der Waals surface area (Å²) in [7, 11) is 0. The molecule has 21 heavy (non-hydrogen) atoms. The van der Waals surface area contributed by atoms with Crippen molar-refractivity contribution < 1.29 is 14.7 Å². The van der Waals surface area contributed by atoms with Crippen molar-refractivity contribution in [1.82, 2.24) is 9.78 Å². The molecule has 2 heterocycles. The summed E-state index contributed by atoms with van der Waals surface area (Å²) >= 11 is 0. The molecule has 1 fully saturated rings.